The number of hydrogen-bond acceptors (Lipinski definition) is 4. The van der Waals surface area contributed by atoms with Crippen molar-refractivity contribution >= 4 is 28.4 Å². The van der Waals surface area contributed by atoms with Gasteiger partial charge < -0.3 is 9.15 Å². The van der Waals surface area contributed by atoms with Crippen molar-refractivity contribution in [3.8, 4) is 17.4 Å². The van der Waals surface area contributed by atoms with Gasteiger partial charge in [-0.3, -0.25) is 0 Å². The molecule has 0 amide bonds. The number of methoxy groups -OCH3 is 1. The highest BCUT2D eigenvalue weighted by Crippen LogP contribution is 2.29. The van der Waals surface area contributed by atoms with E-state index in [1.807, 2.05) is 54.6 Å². The fourth-order valence-electron chi connectivity index (χ4n) is 3.25. The second-order valence-corrected chi connectivity index (χ2v) is 6.47. The molecule has 4 aromatic rings. The molecule has 0 N–H and O–H groups in total. The molecule has 4 rings (SSSR count). The molecule has 0 saturated carbocycles. The Hall–Kier alpha value is -4.10. The first-order valence-electron chi connectivity index (χ1n) is 9.08. The minimum atomic E-state index is -0.381. The third kappa shape index (κ3) is 3.67. The average Bonchev–Trinajstić information content (AvgIpc) is 3.25. The number of nitrogens with zero attached hydrogens (tertiary/aromatic N) is 1. The van der Waals surface area contributed by atoms with Gasteiger partial charge >= 0.3 is 5.97 Å². The van der Waals surface area contributed by atoms with Gasteiger partial charge in [-0.1, -0.05) is 54.6 Å². The molecule has 0 unspecified atom stereocenters. The molecule has 0 aliphatic rings. The molecule has 0 aliphatic heterocycles. The van der Waals surface area contributed by atoms with Gasteiger partial charge in [0.15, 0.2) is 0 Å². The summed E-state index contributed by atoms with van der Waals surface area (Å²) >= 11 is 0. The predicted molar refractivity (Wildman–Crippen MR) is 113 cm³/mol. The standard InChI is InChI=1S/C25H17NO3/c1-28-25(27)19-11-9-18(10-12-19)24-14-13-21(29-24)15-20(16-26)23-8-4-6-17-5-2-3-7-22(17)23/h2-15H,1H3/b20-15-. The van der Waals surface area contributed by atoms with Crippen molar-refractivity contribution < 1.29 is 13.9 Å². The molecule has 0 bridgehead atoms. The maximum atomic E-state index is 11.6. The number of carbonyl (C=O) groups is 1. The predicted octanol–water partition coefficient (Wildman–Crippen LogP) is 5.95. The molecule has 29 heavy (non-hydrogen) atoms. The Kier molecular flexibility index (Phi) is 4.96. The number of ether oxygens (including phenoxy) is 1. The quantitative estimate of drug-likeness (QED) is 0.325. The minimum absolute atomic E-state index is 0.381. The van der Waals surface area contributed by atoms with Gasteiger partial charge in [-0.15, -0.1) is 0 Å². The highest BCUT2D eigenvalue weighted by Gasteiger charge is 2.10. The summed E-state index contributed by atoms with van der Waals surface area (Å²) in [7, 11) is 1.35. The van der Waals surface area contributed by atoms with Crippen molar-refractivity contribution in [2.75, 3.05) is 7.11 Å². The lowest BCUT2D eigenvalue weighted by Gasteiger charge is -2.05. The van der Waals surface area contributed by atoms with E-state index >= 15 is 0 Å². The summed E-state index contributed by atoms with van der Waals surface area (Å²) in [6, 6.07) is 26.8. The zero-order chi connectivity index (χ0) is 20.2. The Morgan fingerprint density at radius 1 is 0.966 bits per heavy atom. The van der Waals surface area contributed by atoms with E-state index in [1.54, 1.807) is 30.3 Å². The largest absolute Gasteiger partial charge is 0.465 e. The summed E-state index contributed by atoms with van der Waals surface area (Å²) in [5.74, 6) is 0.859. The monoisotopic (exact) mass is 379 g/mol. The zero-order valence-corrected chi connectivity index (χ0v) is 15.8. The molecule has 1 heterocycles. The van der Waals surface area contributed by atoms with Crippen molar-refractivity contribution in [1.29, 1.82) is 5.26 Å². The van der Waals surface area contributed by atoms with Crippen LogP contribution in [-0.4, -0.2) is 13.1 Å². The van der Waals surface area contributed by atoms with Crippen molar-refractivity contribution in [1.82, 2.24) is 0 Å². The van der Waals surface area contributed by atoms with E-state index < -0.39 is 0 Å². The molecular formula is C25H17NO3. The molecular weight excluding hydrogens is 362 g/mol. The minimum Gasteiger partial charge on any atom is -0.465 e. The molecule has 0 aliphatic carbocycles. The average molecular weight is 379 g/mol. The lowest BCUT2D eigenvalue weighted by Crippen LogP contribution is -2.00. The number of furan rings is 1. The van der Waals surface area contributed by atoms with Gasteiger partial charge in [0.25, 0.3) is 0 Å². The van der Waals surface area contributed by atoms with Crippen LogP contribution < -0.4 is 0 Å². The highest BCUT2D eigenvalue weighted by atomic mass is 16.5. The lowest BCUT2D eigenvalue weighted by atomic mass is 9.98. The third-order valence-electron chi connectivity index (χ3n) is 4.70. The third-order valence-corrected chi connectivity index (χ3v) is 4.70. The Labute approximate surface area is 168 Å². The first-order chi connectivity index (χ1) is 14.2. The summed E-state index contributed by atoms with van der Waals surface area (Å²) in [5.41, 5.74) is 2.71. The van der Waals surface area contributed by atoms with Gasteiger partial charge in [0.05, 0.1) is 24.3 Å². The number of nitriles is 1. The van der Waals surface area contributed by atoms with Crippen LogP contribution in [0.3, 0.4) is 0 Å². The number of hydrogen-bond donors (Lipinski definition) is 0. The number of rotatable bonds is 4. The normalized spacial score (nSPS) is 11.2. The Morgan fingerprint density at radius 2 is 1.72 bits per heavy atom. The first kappa shape index (κ1) is 18.3. The Balaban J connectivity index is 1.67. The number of carbonyl (C=O) groups excluding carboxylic acids is 1. The Bertz CT molecular complexity index is 1250. The number of esters is 1. The summed E-state index contributed by atoms with van der Waals surface area (Å²) in [4.78, 5) is 11.6. The van der Waals surface area contributed by atoms with Gasteiger partial charge in [-0.05, 0) is 41.1 Å². The van der Waals surface area contributed by atoms with Crippen LogP contribution in [0.25, 0.3) is 33.7 Å². The van der Waals surface area contributed by atoms with E-state index in [1.165, 1.54) is 7.11 Å². The van der Waals surface area contributed by atoms with Crippen LogP contribution in [0.1, 0.15) is 21.7 Å². The summed E-state index contributed by atoms with van der Waals surface area (Å²) in [5, 5.41) is 11.8. The molecule has 4 nitrogen and oxygen atoms in total. The smallest absolute Gasteiger partial charge is 0.337 e. The van der Waals surface area contributed by atoms with E-state index in [4.69, 9.17) is 9.15 Å². The van der Waals surface area contributed by atoms with E-state index in [0.29, 0.717) is 22.7 Å². The fraction of sp³-hybridized carbons (Fsp3) is 0.0400. The van der Waals surface area contributed by atoms with E-state index in [-0.39, 0.29) is 5.97 Å². The molecule has 0 atom stereocenters. The number of benzene rings is 3. The van der Waals surface area contributed by atoms with Crippen molar-refractivity contribution in [2.24, 2.45) is 0 Å². The van der Waals surface area contributed by atoms with Crippen LogP contribution in [0.2, 0.25) is 0 Å². The van der Waals surface area contributed by atoms with Crippen molar-refractivity contribution in [3.63, 3.8) is 0 Å². The molecule has 0 radical (unpaired) electrons. The van der Waals surface area contributed by atoms with Gasteiger partial charge in [0.1, 0.15) is 11.5 Å². The Morgan fingerprint density at radius 3 is 2.48 bits per heavy atom. The van der Waals surface area contributed by atoms with Crippen LogP contribution >= 0.6 is 0 Å². The van der Waals surface area contributed by atoms with Gasteiger partial charge in [-0.2, -0.15) is 5.26 Å². The van der Waals surface area contributed by atoms with Crippen LogP contribution in [0, 0.1) is 11.3 Å². The van der Waals surface area contributed by atoms with Gasteiger partial charge in [-0.25, -0.2) is 4.79 Å². The van der Waals surface area contributed by atoms with Crippen LogP contribution in [-0.2, 0) is 4.74 Å². The summed E-state index contributed by atoms with van der Waals surface area (Å²) < 4.78 is 10.6. The van der Waals surface area contributed by atoms with E-state index in [9.17, 15) is 10.1 Å². The van der Waals surface area contributed by atoms with Crippen LogP contribution in [0.5, 0.6) is 0 Å². The second kappa shape index (κ2) is 7.87. The fourth-order valence-corrected chi connectivity index (χ4v) is 3.25. The molecule has 140 valence electrons. The molecule has 0 fully saturated rings. The maximum Gasteiger partial charge on any atom is 0.337 e. The molecule has 3 aromatic carbocycles. The summed E-state index contributed by atoms with van der Waals surface area (Å²) in [6.07, 6.45) is 1.74. The maximum absolute atomic E-state index is 11.6. The molecule has 1 aromatic heterocycles. The zero-order valence-electron chi connectivity index (χ0n) is 15.8. The van der Waals surface area contributed by atoms with Gasteiger partial charge in [0.2, 0.25) is 0 Å². The molecule has 0 saturated heterocycles. The SMILES string of the molecule is COC(=O)c1ccc(-c2ccc(/C=C(/C#N)c3cccc4ccccc34)o2)cc1. The van der Waals surface area contributed by atoms with Crippen molar-refractivity contribution in [2.45, 2.75) is 0 Å². The van der Waals surface area contributed by atoms with Crippen LogP contribution in [0.4, 0.5) is 0 Å². The van der Waals surface area contributed by atoms with Crippen LogP contribution in [0.15, 0.2) is 83.3 Å². The first-order valence-corrected chi connectivity index (χ1v) is 9.08. The van der Waals surface area contributed by atoms with E-state index in [2.05, 4.69) is 6.07 Å². The number of fused-ring (bicyclic) bond motifs is 1. The lowest BCUT2D eigenvalue weighted by molar-refractivity contribution is 0.0600. The topological polar surface area (TPSA) is 63.2 Å². The van der Waals surface area contributed by atoms with Crippen molar-refractivity contribution in [3.05, 3.63) is 95.7 Å². The molecule has 0 spiro atoms. The highest BCUT2D eigenvalue weighted by molar-refractivity contribution is 6.01. The van der Waals surface area contributed by atoms with Gasteiger partial charge in [0, 0.05) is 11.1 Å². The number of allylic oxidation sites excluding steroid dienone is 1. The molecule has 4 heteroatoms. The summed E-state index contributed by atoms with van der Waals surface area (Å²) in [6.45, 7) is 0. The second-order valence-electron chi connectivity index (χ2n) is 6.47. The van der Waals surface area contributed by atoms with E-state index in [0.717, 1.165) is 21.9 Å².